The normalized spacial score (nSPS) is 14.0. The molecule has 0 aliphatic heterocycles. The molecule has 3 nitrogen and oxygen atoms in total. The molecule has 1 atom stereocenters. The van der Waals surface area contributed by atoms with Gasteiger partial charge in [0.2, 0.25) is 0 Å². The van der Waals surface area contributed by atoms with E-state index in [4.69, 9.17) is 20.9 Å². The van der Waals surface area contributed by atoms with Gasteiger partial charge in [-0.15, -0.1) is 0 Å². The SMILES string of the molecule is CCCCCCCCCCCCCCCCCCOP(O)(=S)OC(C)C. The maximum absolute atomic E-state index is 9.79. The molecule has 0 aliphatic rings. The zero-order chi connectivity index (χ0) is 19.5. The van der Waals surface area contributed by atoms with E-state index in [1.807, 2.05) is 13.8 Å². The molecule has 0 bridgehead atoms. The first-order valence-corrected chi connectivity index (χ1v) is 13.7. The monoisotopic (exact) mass is 408 g/mol. The molecule has 0 aromatic rings. The predicted molar refractivity (Wildman–Crippen MR) is 118 cm³/mol. The fourth-order valence-corrected chi connectivity index (χ4v) is 4.82. The Bertz CT molecular complexity index is 337. The first-order chi connectivity index (χ1) is 12.5. The van der Waals surface area contributed by atoms with Crippen molar-refractivity contribution in [3.63, 3.8) is 0 Å². The van der Waals surface area contributed by atoms with Crippen LogP contribution in [0, 0.1) is 0 Å². The van der Waals surface area contributed by atoms with Crippen LogP contribution >= 0.6 is 6.72 Å². The molecule has 26 heavy (non-hydrogen) atoms. The van der Waals surface area contributed by atoms with Gasteiger partial charge in [0.25, 0.3) is 0 Å². The molecular formula is C21H45O3PS. The molecular weight excluding hydrogens is 363 g/mol. The lowest BCUT2D eigenvalue weighted by Gasteiger charge is -2.17. The maximum Gasteiger partial charge on any atom is 0.324 e. The molecule has 0 heterocycles. The Kier molecular flexibility index (Phi) is 19.3. The molecule has 0 saturated carbocycles. The van der Waals surface area contributed by atoms with Gasteiger partial charge < -0.3 is 13.9 Å². The van der Waals surface area contributed by atoms with Gasteiger partial charge in [0.15, 0.2) is 0 Å². The Labute approximate surface area is 168 Å². The van der Waals surface area contributed by atoms with Gasteiger partial charge in [-0.05, 0) is 32.1 Å². The fraction of sp³-hybridized carbons (Fsp3) is 1.00. The van der Waals surface area contributed by atoms with E-state index in [1.54, 1.807) is 0 Å². The summed E-state index contributed by atoms with van der Waals surface area (Å²) in [5.41, 5.74) is 0. The van der Waals surface area contributed by atoms with Gasteiger partial charge in [0, 0.05) is 0 Å². The molecule has 0 aromatic heterocycles. The average Bonchev–Trinajstić information content (AvgIpc) is 2.56. The van der Waals surface area contributed by atoms with Gasteiger partial charge in [-0.1, -0.05) is 103 Å². The van der Waals surface area contributed by atoms with Gasteiger partial charge >= 0.3 is 6.72 Å². The molecule has 5 heteroatoms. The van der Waals surface area contributed by atoms with Crippen LogP contribution in [0.2, 0.25) is 0 Å². The lowest BCUT2D eigenvalue weighted by Crippen LogP contribution is -2.03. The van der Waals surface area contributed by atoms with E-state index in [9.17, 15) is 4.89 Å². The van der Waals surface area contributed by atoms with Gasteiger partial charge in [-0.25, -0.2) is 0 Å². The minimum Gasteiger partial charge on any atom is -0.324 e. The average molecular weight is 409 g/mol. The van der Waals surface area contributed by atoms with Crippen LogP contribution in [0.25, 0.3) is 0 Å². The van der Waals surface area contributed by atoms with E-state index >= 15 is 0 Å². The summed E-state index contributed by atoms with van der Waals surface area (Å²) in [7, 11) is 0. The first-order valence-electron chi connectivity index (χ1n) is 11.1. The Hall–Kier alpha value is 0.530. The minimum atomic E-state index is -3.01. The molecule has 0 amide bonds. The van der Waals surface area contributed by atoms with E-state index in [0.717, 1.165) is 12.8 Å². The third-order valence-electron chi connectivity index (χ3n) is 4.60. The zero-order valence-corrected chi connectivity index (χ0v) is 19.4. The van der Waals surface area contributed by atoms with Crippen molar-refractivity contribution in [2.24, 2.45) is 0 Å². The quantitative estimate of drug-likeness (QED) is 0.164. The molecule has 0 fully saturated rings. The number of unbranched alkanes of at least 4 members (excludes halogenated alkanes) is 15. The molecule has 0 radical (unpaired) electrons. The molecule has 0 aromatic carbocycles. The second-order valence-corrected chi connectivity index (χ2v) is 10.5. The molecule has 0 saturated heterocycles. The van der Waals surface area contributed by atoms with E-state index in [2.05, 4.69) is 6.92 Å². The lowest BCUT2D eigenvalue weighted by atomic mass is 10.0. The van der Waals surface area contributed by atoms with Crippen molar-refractivity contribution in [2.75, 3.05) is 6.61 Å². The van der Waals surface area contributed by atoms with E-state index in [-0.39, 0.29) is 6.10 Å². The van der Waals surface area contributed by atoms with Crippen molar-refractivity contribution < 1.29 is 13.9 Å². The highest BCUT2D eigenvalue weighted by atomic mass is 32.5. The highest BCUT2D eigenvalue weighted by molar-refractivity contribution is 8.07. The van der Waals surface area contributed by atoms with E-state index in [0.29, 0.717) is 6.61 Å². The van der Waals surface area contributed by atoms with E-state index in [1.165, 1.54) is 89.9 Å². The number of hydrogen-bond acceptors (Lipinski definition) is 3. The molecule has 0 rings (SSSR count). The largest absolute Gasteiger partial charge is 0.324 e. The summed E-state index contributed by atoms with van der Waals surface area (Å²) in [6.07, 6.45) is 21.5. The number of rotatable bonds is 20. The molecule has 1 N–H and O–H groups in total. The third-order valence-corrected chi connectivity index (χ3v) is 6.37. The van der Waals surface area contributed by atoms with E-state index < -0.39 is 6.72 Å². The standard InChI is InChI=1S/C21H45O3PS/c1-4-5-6-7-8-9-10-11-12-13-14-15-16-17-18-19-20-23-25(22,26)24-21(2)3/h21H,4-20H2,1-3H3,(H,22,26). The summed E-state index contributed by atoms with van der Waals surface area (Å²) in [6.45, 7) is 3.50. The van der Waals surface area contributed by atoms with Crippen molar-refractivity contribution in [1.82, 2.24) is 0 Å². The fourth-order valence-electron chi connectivity index (χ4n) is 3.13. The van der Waals surface area contributed by atoms with Crippen LogP contribution in [0.15, 0.2) is 0 Å². The molecule has 158 valence electrons. The topological polar surface area (TPSA) is 38.7 Å². The second-order valence-electron chi connectivity index (χ2n) is 7.76. The smallest absolute Gasteiger partial charge is 0.324 e. The molecule has 1 unspecified atom stereocenters. The zero-order valence-electron chi connectivity index (χ0n) is 17.7. The highest BCUT2D eigenvalue weighted by Gasteiger charge is 2.16. The Morgan fingerprint density at radius 2 is 1.04 bits per heavy atom. The van der Waals surface area contributed by atoms with Crippen molar-refractivity contribution in [1.29, 1.82) is 0 Å². The minimum absolute atomic E-state index is 0.0865. The van der Waals surface area contributed by atoms with Crippen LogP contribution < -0.4 is 0 Å². The van der Waals surface area contributed by atoms with Gasteiger partial charge in [-0.3, -0.25) is 0 Å². The van der Waals surface area contributed by atoms with Gasteiger partial charge in [0.1, 0.15) is 0 Å². The maximum atomic E-state index is 9.79. The summed E-state index contributed by atoms with van der Waals surface area (Å²) in [5, 5.41) is 0. The summed E-state index contributed by atoms with van der Waals surface area (Å²) in [6, 6.07) is 0. The number of hydrogen-bond donors (Lipinski definition) is 1. The van der Waals surface area contributed by atoms with Crippen LogP contribution in [0.3, 0.4) is 0 Å². The Morgan fingerprint density at radius 1 is 0.692 bits per heavy atom. The van der Waals surface area contributed by atoms with Gasteiger partial charge in [0.05, 0.1) is 12.7 Å². The van der Waals surface area contributed by atoms with Crippen LogP contribution in [-0.4, -0.2) is 17.6 Å². The Balaban J connectivity index is 3.17. The van der Waals surface area contributed by atoms with Crippen molar-refractivity contribution >= 4 is 18.5 Å². The second kappa shape index (κ2) is 18.9. The van der Waals surface area contributed by atoms with Crippen molar-refractivity contribution in [2.45, 2.75) is 130 Å². The van der Waals surface area contributed by atoms with Crippen LogP contribution in [0.4, 0.5) is 0 Å². The summed E-state index contributed by atoms with van der Waals surface area (Å²) < 4.78 is 10.5. The Morgan fingerprint density at radius 3 is 1.38 bits per heavy atom. The predicted octanol–water partition coefficient (Wildman–Crippen LogP) is 7.91. The summed E-state index contributed by atoms with van der Waals surface area (Å²) >= 11 is 4.95. The van der Waals surface area contributed by atoms with Crippen LogP contribution in [-0.2, 0) is 20.9 Å². The first kappa shape index (κ1) is 26.5. The summed E-state index contributed by atoms with van der Waals surface area (Å²) in [4.78, 5) is 9.79. The molecule has 0 aliphatic carbocycles. The van der Waals surface area contributed by atoms with Crippen molar-refractivity contribution in [3.05, 3.63) is 0 Å². The molecule has 0 spiro atoms. The summed E-state index contributed by atoms with van der Waals surface area (Å²) in [5.74, 6) is 0. The van der Waals surface area contributed by atoms with Crippen LogP contribution in [0.1, 0.15) is 124 Å². The lowest BCUT2D eigenvalue weighted by molar-refractivity contribution is 0.160. The third kappa shape index (κ3) is 20.8. The van der Waals surface area contributed by atoms with Crippen molar-refractivity contribution in [3.8, 4) is 0 Å². The van der Waals surface area contributed by atoms with Gasteiger partial charge in [-0.2, -0.15) is 0 Å². The van der Waals surface area contributed by atoms with Crippen LogP contribution in [0.5, 0.6) is 0 Å². The highest BCUT2D eigenvalue weighted by Crippen LogP contribution is 2.45.